The van der Waals surface area contributed by atoms with Gasteiger partial charge in [-0.05, 0) is 31.0 Å². The van der Waals surface area contributed by atoms with Crippen molar-refractivity contribution in [1.82, 2.24) is 5.32 Å². The highest BCUT2D eigenvalue weighted by Crippen LogP contribution is 2.24. The van der Waals surface area contributed by atoms with Gasteiger partial charge in [-0.2, -0.15) is 0 Å². The Bertz CT molecular complexity index is 526. The van der Waals surface area contributed by atoms with E-state index >= 15 is 0 Å². The largest absolute Gasteiger partial charge is 0.399 e. The quantitative estimate of drug-likeness (QED) is 0.446. The molecule has 0 bridgehead atoms. The molecule has 4 N–H and O–H groups in total. The fourth-order valence-corrected chi connectivity index (χ4v) is 2.72. The highest BCUT2D eigenvalue weighted by molar-refractivity contribution is 6.41. The third-order valence-corrected chi connectivity index (χ3v) is 3.95. The topological polar surface area (TPSA) is 84.2 Å². The summed E-state index contributed by atoms with van der Waals surface area (Å²) < 4.78 is 0. The molecule has 0 atom stereocenters. The van der Waals surface area contributed by atoms with E-state index in [4.69, 9.17) is 17.3 Å². The van der Waals surface area contributed by atoms with Crippen LogP contribution >= 0.6 is 11.6 Å². The number of benzene rings is 1. The number of carbonyl (C=O) groups excluding carboxylic acids is 2. The van der Waals surface area contributed by atoms with Gasteiger partial charge >= 0.3 is 11.8 Å². The van der Waals surface area contributed by atoms with Crippen LogP contribution in [-0.4, -0.2) is 17.9 Å². The summed E-state index contributed by atoms with van der Waals surface area (Å²) in [6.07, 6.45) is 6.44. The first-order valence-electron chi connectivity index (χ1n) is 7.23. The maximum atomic E-state index is 11.9. The average Bonchev–Trinajstić information content (AvgIpc) is 2.70. The van der Waals surface area contributed by atoms with Crippen molar-refractivity contribution in [3.63, 3.8) is 0 Å². The molecule has 21 heavy (non-hydrogen) atoms. The molecule has 6 heteroatoms. The van der Waals surface area contributed by atoms with E-state index in [1.54, 1.807) is 12.1 Å². The lowest BCUT2D eigenvalue weighted by Crippen LogP contribution is -2.41. The minimum absolute atomic E-state index is 0.0904. The molecule has 1 fully saturated rings. The first-order valence-corrected chi connectivity index (χ1v) is 7.61. The van der Waals surface area contributed by atoms with Crippen LogP contribution in [0.2, 0.25) is 5.02 Å². The summed E-state index contributed by atoms with van der Waals surface area (Å²) in [5.41, 5.74) is 6.46. The van der Waals surface area contributed by atoms with Crippen molar-refractivity contribution in [1.29, 1.82) is 0 Å². The zero-order valence-corrected chi connectivity index (χ0v) is 12.6. The summed E-state index contributed by atoms with van der Waals surface area (Å²) in [5.74, 6) is -1.32. The molecule has 2 amide bonds. The summed E-state index contributed by atoms with van der Waals surface area (Å²) in [7, 11) is 0. The number of carbonyl (C=O) groups is 2. The van der Waals surface area contributed by atoms with Crippen LogP contribution in [0.15, 0.2) is 18.2 Å². The lowest BCUT2D eigenvalue weighted by Gasteiger charge is -2.16. The van der Waals surface area contributed by atoms with Crippen molar-refractivity contribution in [2.24, 2.45) is 0 Å². The molecule has 0 aliphatic heterocycles. The van der Waals surface area contributed by atoms with Crippen LogP contribution in [0.3, 0.4) is 0 Å². The zero-order valence-electron chi connectivity index (χ0n) is 11.8. The van der Waals surface area contributed by atoms with Crippen molar-refractivity contribution in [3.05, 3.63) is 23.2 Å². The maximum Gasteiger partial charge on any atom is 0.313 e. The Labute approximate surface area is 129 Å². The summed E-state index contributed by atoms with van der Waals surface area (Å²) in [5, 5.41) is 5.61. The van der Waals surface area contributed by atoms with Crippen LogP contribution in [0, 0.1) is 0 Å². The van der Waals surface area contributed by atoms with Crippen LogP contribution in [0.1, 0.15) is 38.5 Å². The van der Waals surface area contributed by atoms with Gasteiger partial charge in [-0.1, -0.05) is 37.3 Å². The monoisotopic (exact) mass is 309 g/mol. The molecule has 0 aromatic heterocycles. The van der Waals surface area contributed by atoms with E-state index in [1.807, 2.05) is 0 Å². The summed E-state index contributed by atoms with van der Waals surface area (Å²) in [4.78, 5) is 23.8. The highest BCUT2D eigenvalue weighted by atomic mass is 35.5. The molecule has 0 heterocycles. The van der Waals surface area contributed by atoms with E-state index < -0.39 is 11.8 Å². The lowest BCUT2D eigenvalue weighted by molar-refractivity contribution is -0.136. The van der Waals surface area contributed by atoms with Crippen LogP contribution < -0.4 is 16.4 Å². The van der Waals surface area contributed by atoms with Crippen molar-refractivity contribution in [2.75, 3.05) is 11.1 Å². The molecule has 1 saturated carbocycles. The number of amides is 2. The van der Waals surface area contributed by atoms with Crippen molar-refractivity contribution < 1.29 is 9.59 Å². The van der Waals surface area contributed by atoms with Gasteiger partial charge in [0.05, 0.1) is 10.7 Å². The number of hydrogen-bond donors (Lipinski definition) is 3. The third kappa shape index (κ3) is 4.63. The second-order valence-electron chi connectivity index (χ2n) is 5.36. The summed E-state index contributed by atoms with van der Waals surface area (Å²) >= 11 is 5.97. The first kappa shape index (κ1) is 15.6. The van der Waals surface area contributed by atoms with E-state index in [0.29, 0.717) is 16.4 Å². The minimum Gasteiger partial charge on any atom is -0.399 e. The SMILES string of the molecule is Nc1ccc(NC(=O)C(=O)NC2CCCCCC2)c(Cl)c1. The number of nitrogens with one attached hydrogen (secondary N) is 2. The number of nitrogen functional groups attached to an aromatic ring is 1. The molecule has 1 aromatic rings. The number of nitrogens with two attached hydrogens (primary N) is 1. The summed E-state index contributed by atoms with van der Waals surface area (Å²) in [6.45, 7) is 0. The zero-order chi connectivity index (χ0) is 15.2. The van der Waals surface area contributed by atoms with E-state index in [0.717, 1.165) is 25.7 Å². The minimum atomic E-state index is -0.703. The number of halogens is 1. The van der Waals surface area contributed by atoms with E-state index in [1.165, 1.54) is 18.9 Å². The number of anilines is 2. The molecule has 2 rings (SSSR count). The van der Waals surface area contributed by atoms with Gasteiger partial charge in [0, 0.05) is 11.7 Å². The molecule has 0 saturated heterocycles. The van der Waals surface area contributed by atoms with Gasteiger partial charge < -0.3 is 16.4 Å². The predicted octanol–water partition coefficient (Wildman–Crippen LogP) is 2.70. The molecular formula is C15H20ClN3O2. The Morgan fingerprint density at radius 3 is 2.38 bits per heavy atom. The van der Waals surface area contributed by atoms with Crippen LogP contribution in [-0.2, 0) is 9.59 Å². The Morgan fingerprint density at radius 2 is 1.76 bits per heavy atom. The molecule has 0 radical (unpaired) electrons. The Morgan fingerprint density at radius 1 is 1.10 bits per heavy atom. The van der Waals surface area contributed by atoms with E-state index in [9.17, 15) is 9.59 Å². The molecule has 1 aliphatic rings. The maximum absolute atomic E-state index is 11.9. The Balaban J connectivity index is 1.91. The lowest BCUT2D eigenvalue weighted by atomic mass is 10.1. The van der Waals surface area contributed by atoms with Crippen molar-refractivity contribution >= 4 is 34.8 Å². The fraction of sp³-hybridized carbons (Fsp3) is 0.467. The molecule has 1 aliphatic carbocycles. The van der Waals surface area contributed by atoms with Gasteiger partial charge in [0.2, 0.25) is 0 Å². The van der Waals surface area contributed by atoms with Gasteiger partial charge in [0.25, 0.3) is 0 Å². The van der Waals surface area contributed by atoms with Gasteiger partial charge in [-0.3, -0.25) is 9.59 Å². The smallest absolute Gasteiger partial charge is 0.313 e. The normalized spacial score (nSPS) is 16.0. The van der Waals surface area contributed by atoms with Crippen molar-refractivity contribution in [2.45, 2.75) is 44.6 Å². The second-order valence-corrected chi connectivity index (χ2v) is 5.76. The van der Waals surface area contributed by atoms with E-state index in [2.05, 4.69) is 10.6 Å². The summed E-state index contributed by atoms with van der Waals surface area (Å²) in [6, 6.07) is 4.81. The van der Waals surface area contributed by atoms with E-state index in [-0.39, 0.29) is 6.04 Å². The second kappa shape index (κ2) is 7.31. The van der Waals surface area contributed by atoms with Crippen molar-refractivity contribution in [3.8, 4) is 0 Å². The highest BCUT2D eigenvalue weighted by Gasteiger charge is 2.20. The first-order chi connectivity index (χ1) is 10.1. The van der Waals surface area contributed by atoms with Crippen LogP contribution in [0.25, 0.3) is 0 Å². The van der Waals surface area contributed by atoms with Gasteiger partial charge in [-0.25, -0.2) is 0 Å². The fourth-order valence-electron chi connectivity index (χ4n) is 2.49. The predicted molar refractivity (Wildman–Crippen MR) is 84.1 cm³/mol. The van der Waals surface area contributed by atoms with Gasteiger partial charge in [0.15, 0.2) is 0 Å². The Kier molecular flexibility index (Phi) is 5.44. The number of rotatable bonds is 2. The molecule has 1 aromatic carbocycles. The third-order valence-electron chi connectivity index (χ3n) is 3.64. The van der Waals surface area contributed by atoms with Crippen LogP contribution in [0.5, 0.6) is 0 Å². The molecule has 114 valence electrons. The van der Waals surface area contributed by atoms with Crippen LogP contribution in [0.4, 0.5) is 11.4 Å². The molecule has 0 unspecified atom stereocenters. The Hall–Kier alpha value is -1.75. The average molecular weight is 310 g/mol. The molecular weight excluding hydrogens is 290 g/mol. The molecule has 5 nitrogen and oxygen atoms in total. The standard InChI is InChI=1S/C15H20ClN3O2/c16-12-9-10(17)7-8-13(12)19-15(21)14(20)18-11-5-3-1-2-4-6-11/h7-9,11H,1-6,17H2,(H,18,20)(H,19,21). The number of hydrogen-bond acceptors (Lipinski definition) is 3. The molecule has 0 spiro atoms. The van der Waals surface area contributed by atoms with Gasteiger partial charge in [-0.15, -0.1) is 0 Å². The van der Waals surface area contributed by atoms with Gasteiger partial charge in [0.1, 0.15) is 0 Å².